The van der Waals surface area contributed by atoms with E-state index in [-0.39, 0.29) is 11.8 Å². The topological polar surface area (TPSA) is 41.1 Å². The van der Waals surface area contributed by atoms with E-state index in [1.165, 1.54) is 24.0 Å². The summed E-state index contributed by atoms with van der Waals surface area (Å²) in [7, 11) is 0. The number of amides is 1. The zero-order valence-electron chi connectivity index (χ0n) is 11.5. The largest absolute Gasteiger partial charge is 0.326 e. The predicted octanol–water partition coefficient (Wildman–Crippen LogP) is 2.71. The van der Waals surface area contributed by atoms with Crippen LogP contribution in [0.5, 0.6) is 0 Å². The average Bonchev–Trinajstić information content (AvgIpc) is 2.85. The molecule has 0 aromatic heterocycles. The van der Waals surface area contributed by atoms with Crippen LogP contribution in [0.4, 0.5) is 5.69 Å². The summed E-state index contributed by atoms with van der Waals surface area (Å²) in [6.07, 6.45) is 4.43. The third kappa shape index (κ3) is 2.52. The number of rotatable bonds is 2. The molecule has 1 aromatic rings. The molecule has 2 aliphatic rings. The standard InChI is InChI=1S/C16H22N2O/c1-11-4-2-6-13(11)16(19)18-15-7-3-5-12-10-17-9-8-14(12)15/h3,5,7,11,13,17H,2,4,6,8-10H2,1H3,(H,18,19). The van der Waals surface area contributed by atoms with Crippen molar-refractivity contribution in [3.63, 3.8) is 0 Å². The number of hydrogen-bond donors (Lipinski definition) is 2. The maximum absolute atomic E-state index is 12.4. The number of hydrogen-bond acceptors (Lipinski definition) is 2. The molecule has 0 spiro atoms. The van der Waals surface area contributed by atoms with Gasteiger partial charge in [0.15, 0.2) is 0 Å². The van der Waals surface area contributed by atoms with E-state index in [0.717, 1.165) is 31.6 Å². The van der Waals surface area contributed by atoms with Gasteiger partial charge in [0.2, 0.25) is 5.91 Å². The molecule has 1 aliphatic carbocycles. The van der Waals surface area contributed by atoms with E-state index in [9.17, 15) is 4.79 Å². The van der Waals surface area contributed by atoms with Gasteiger partial charge in [0.1, 0.15) is 0 Å². The predicted molar refractivity (Wildman–Crippen MR) is 77.0 cm³/mol. The number of carbonyl (C=O) groups is 1. The van der Waals surface area contributed by atoms with Crippen LogP contribution in [0, 0.1) is 11.8 Å². The molecular formula is C16H22N2O. The van der Waals surface area contributed by atoms with Crippen LogP contribution >= 0.6 is 0 Å². The summed E-state index contributed by atoms with van der Waals surface area (Å²) in [5.74, 6) is 0.954. The molecule has 19 heavy (non-hydrogen) atoms. The summed E-state index contributed by atoms with van der Waals surface area (Å²) < 4.78 is 0. The summed E-state index contributed by atoms with van der Waals surface area (Å²) in [6, 6.07) is 6.23. The Hall–Kier alpha value is -1.35. The van der Waals surface area contributed by atoms with Crippen molar-refractivity contribution in [3.8, 4) is 0 Å². The molecule has 0 radical (unpaired) electrons. The first-order chi connectivity index (χ1) is 9.25. The van der Waals surface area contributed by atoms with Gasteiger partial charge in [-0.3, -0.25) is 4.79 Å². The van der Waals surface area contributed by atoms with Crippen molar-refractivity contribution in [2.24, 2.45) is 11.8 Å². The molecular weight excluding hydrogens is 236 g/mol. The lowest BCUT2D eigenvalue weighted by molar-refractivity contribution is -0.120. The molecule has 3 nitrogen and oxygen atoms in total. The van der Waals surface area contributed by atoms with Crippen molar-refractivity contribution in [1.29, 1.82) is 0 Å². The zero-order valence-corrected chi connectivity index (χ0v) is 11.5. The van der Waals surface area contributed by atoms with Gasteiger partial charge in [-0.1, -0.05) is 25.5 Å². The maximum atomic E-state index is 12.4. The fourth-order valence-electron chi connectivity index (χ4n) is 3.41. The summed E-state index contributed by atoms with van der Waals surface area (Å²) in [6.45, 7) is 4.11. The van der Waals surface area contributed by atoms with Gasteiger partial charge in [0.05, 0.1) is 0 Å². The van der Waals surface area contributed by atoms with E-state index in [0.29, 0.717) is 5.92 Å². The van der Waals surface area contributed by atoms with E-state index in [1.807, 2.05) is 12.1 Å². The van der Waals surface area contributed by atoms with E-state index < -0.39 is 0 Å². The first-order valence-electron chi connectivity index (χ1n) is 7.38. The Bertz CT molecular complexity index is 484. The lowest BCUT2D eigenvalue weighted by atomic mass is 9.95. The lowest BCUT2D eigenvalue weighted by Crippen LogP contribution is -2.28. The average molecular weight is 258 g/mol. The highest BCUT2D eigenvalue weighted by Crippen LogP contribution is 2.32. The van der Waals surface area contributed by atoms with Crippen molar-refractivity contribution in [3.05, 3.63) is 29.3 Å². The molecule has 1 saturated carbocycles. The number of anilines is 1. The van der Waals surface area contributed by atoms with Gasteiger partial charge in [0, 0.05) is 18.2 Å². The summed E-state index contributed by atoms with van der Waals surface area (Å²) in [5, 5.41) is 6.55. The van der Waals surface area contributed by atoms with Crippen molar-refractivity contribution in [2.45, 2.75) is 39.2 Å². The van der Waals surface area contributed by atoms with Gasteiger partial charge in [-0.25, -0.2) is 0 Å². The van der Waals surface area contributed by atoms with Gasteiger partial charge in [-0.2, -0.15) is 0 Å². The Morgan fingerprint density at radius 3 is 3.05 bits per heavy atom. The molecule has 1 heterocycles. The fraction of sp³-hybridized carbons (Fsp3) is 0.562. The second kappa shape index (κ2) is 5.33. The molecule has 1 amide bonds. The van der Waals surface area contributed by atoms with Crippen LogP contribution in [0.25, 0.3) is 0 Å². The van der Waals surface area contributed by atoms with E-state index in [1.54, 1.807) is 0 Å². The summed E-state index contributed by atoms with van der Waals surface area (Å²) in [4.78, 5) is 12.4. The van der Waals surface area contributed by atoms with Gasteiger partial charge in [-0.15, -0.1) is 0 Å². The monoisotopic (exact) mass is 258 g/mol. The quantitative estimate of drug-likeness (QED) is 0.856. The summed E-state index contributed by atoms with van der Waals surface area (Å²) >= 11 is 0. The Morgan fingerprint density at radius 2 is 2.26 bits per heavy atom. The van der Waals surface area contributed by atoms with E-state index in [2.05, 4.69) is 23.6 Å². The van der Waals surface area contributed by atoms with Gasteiger partial charge in [-0.05, 0) is 48.9 Å². The SMILES string of the molecule is CC1CCCC1C(=O)Nc1cccc2c1CCNC2. The number of nitrogens with one attached hydrogen (secondary N) is 2. The summed E-state index contributed by atoms with van der Waals surface area (Å²) in [5.41, 5.74) is 3.67. The van der Waals surface area contributed by atoms with Crippen molar-refractivity contribution >= 4 is 11.6 Å². The molecule has 1 fully saturated rings. The normalized spacial score (nSPS) is 25.9. The lowest BCUT2D eigenvalue weighted by Gasteiger charge is -2.22. The minimum absolute atomic E-state index is 0.206. The Morgan fingerprint density at radius 1 is 1.37 bits per heavy atom. The molecule has 102 valence electrons. The number of fused-ring (bicyclic) bond motifs is 1. The van der Waals surface area contributed by atoms with Crippen LogP contribution in [0.3, 0.4) is 0 Å². The van der Waals surface area contributed by atoms with Gasteiger partial charge >= 0.3 is 0 Å². The maximum Gasteiger partial charge on any atom is 0.227 e. The Labute approximate surface area is 114 Å². The van der Waals surface area contributed by atoms with Gasteiger partial charge < -0.3 is 10.6 Å². The minimum Gasteiger partial charge on any atom is -0.326 e. The van der Waals surface area contributed by atoms with Crippen LogP contribution in [0.1, 0.15) is 37.3 Å². The van der Waals surface area contributed by atoms with Crippen LogP contribution in [0.15, 0.2) is 18.2 Å². The molecule has 1 aliphatic heterocycles. The number of carbonyl (C=O) groups excluding carboxylic acids is 1. The molecule has 0 saturated heterocycles. The molecule has 1 aromatic carbocycles. The second-order valence-electron chi connectivity index (χ2n) is 5.87. The number of benzene rings is 1. The van der Waals surface area contributed by atoms with Crippen LogP contribution < -0.4 is 10.6 Å². The van der Waals surface area contributed by atoms with Gasteiger partial charge in [0.25, 0.3) is 0 Å². The highest BCUT2D eigenvalue weighted by molar-refractivity contribution is 5.93. The van der Waals surface area contributed by atoms with Crippen molar-refractivity contribution in [1.82, 2.24) is 5.32 Å². The van der Waals surface area contributed by atoms with Crippen molar-refractivity contribution < 1.29 is 4.79 Å². The molecule has 0 bridgehead atoms. The van der Waals surface area contributed by atoms with Crippen LogP contribution in [-0.4, -0.2) is 12.5 Å². The molecule has 3 heteroatoms. The Balaban J connectivity index is 1.78. The molecule has 3 rings (SSSR count). The van der Waals surface area contributed by atoms with Crippen molar-refractivity contribution in [2.75, 3.05) is 11.9 Å². The first-order valence-corrected chi connectivity index (χ1v) is 7.38. The smallest absolute Gasteiger partial charge is 0.227 e. The van der Waals surface area contributed by atoms with E-state index in [4.69, 9.17) is 0 Å². The van der Waals surface area contributed by atoms with Crippen LogP contribution in [-0.2, 0) is 17.8 Å². The first kappa shape index (κ1) is 12.7. The highest BCUT2D eigenvalue weighted by atomic mass is 16.1. The van der Waals surface area contributed by atoms with Crippen LogP contribution in [0.2, 0.25) is 0 Å². The highest BCUT2D eigenvalue weighted by Gasteiger charge is 2.30. The fourth-order valence-corrected chi connectivity index (χ4v) is 3.41. The molecule has 2 atom stereocenters. The Kier molecular flexibility index (Phi) is 3.56. The third-order valence-corrected chi connectivity index (χ3v) is 4.60. The minimum atomic E-state index is 0.206. The third-order valence-electron chi connectivity index (χ3n) is 4.60. The molecule has 2 unspecified atom stereocenters. The zero-order chi connectivity index (χ0) is 13.2. The molecule has 2 N–H and O–H groups in total. The second-order valence-corrected chi connectivity index (χ2v) is 5.87. The van der Waals surface area contributed by atoms with E-state index >= 15 is 0 Å².